The molecule has 0 bridgehead atoms. The number of nitrogens with zero attached hydrogens (tertiary/aromatic N) is 2. The second-order valence-corrected chi connectivity index (χ2v) is 6.05. The van der Waals surface area contributed by atoms with Crippen molar-refractivity contribution in [1.82, 2.24) is 10.1 Å². The quantitative estimate of drug-likeness (QED) is 0.906. The molecule has 1 fully saturated rings. The Hall–Kier alpha value is -1.84. The number of aromatic hydroxyl groups is 1. The van der Waals surface area contributed by atoms with E-state index >= 15 is 0 Å². The Labute approximate surface area is 125 Å². The van der Waals surface area contributed by atoms with E-state index < -0.39 is 0 Å². The van der Waals surface area contributed by atoms with E-state index in [1.165, 1.54) is 19.3 Å². The van der Waals surface area contributed by atoms with Gasteiger partial charge in [-0.05, 0) is 37.8 Å². The third-order valence-electron chi connectivity index (χ3n) is 4.70. The summed E-state index contributed by atoms with van der Waals surface area (Å²) in [6, 6.07) is 5.38. The van der Waals surface area contributed by atoms with Crippen LogP contribution in [0.3, 0.4) is 0 Å². The lowest BCUT2D eigenvalue weighted by Gasteiger charge is -2.26. The molecule has 1 aliphatic rings. The topological polar surface area (TPSA) is 59.2 Å². The monoisotopic (exact) mass is 286 g/mol. The molecular weight excluding hydrogens is 264 g/mol. The van der Waals surface area contributed by atoms with Gasteiger partial charge in [0.15, 0.2) is 5.82 Å². The fourth-order valence-corrected chi connectivity index (χ4v) is 3.26. The maximum Gasteiger partial charge on any atom is 0.258 e. The highest BCUT2D eigenvalue weighted by Gasteiger charge is 2.26. The summed E-state index contributed by atoms with van der Waals surface area (Å²) in [5.74, 6) is 2.80. The second-order valence-electron chi connectivity index (χ2n) is 6.05. The fraction of sp³-hybridized carbons (Fsp3) is 0.529. The summed E-state index contributed by atoms with van der Waals surface area (Å²) in [5.41, 5.74) is 1.60. The molecule has 112 valence electrons. The first-order valence-corrected chi connectivity index (χ1v) is 7.81. The van der Waals surface area contributed by atoms with Gasteiger partial charge < -0.3 is 9.63 Å². The Morgan fingerprint density at radius 3 is 3.00 bits per heavy atom. The molecule has 1 aromatic carbocycles. The van der Waals surface area contributed by atoms with Gasteiger partial charge in [-0.2, -0.15) is 4.98 Å². The highest BCUT2D eigenvalue weighted by atomic mass is 16.5. The van der Waals surface area contributed by atoms with Gasteiger partial charge in [-0.3, -0.25) is 0 Å². The first-order valence-electron chi connectivity index (χ1n) is 7.81. The molecule has 0 saturated heterocycles. The van der Waals surface area contributed by atoms with Crippen molar-refractivity contribution >= 4 is 0 Å². The SMILES string of the molecule is CCC1CCCC(c2noc(-c3cccc(O)c3C)n2)C1. The summed E-state index contributed by atoms with van der Waals surface area (Å²) in [6.07, 6.45) is 6.11. The number of rotatable bonds is 3. The number of phenolic OH excluding ortho intramolecular Hbond substituents is 1. The van der Waals surface area contributed by atoms with Crippen LogP contribution in [0.25, 0.3) is 11.5 Å². The normalized spacial score (nSPS) is 22.4. The van der Waals surface area contributed by atoms with E-state index in [-0.39, 0.29) is 5.75 Å². The molecule has 3 rings (SSSR count). The third-order valence-corrected chi connectivity index (χ3v) is 4.70. The molecule has 0 aliphatic heterocycles. The molecule has 1 aromatic heterocycles. The van der Waals surface area contributed by atoms with E-state index in [0.717, 1.165) is 35.7 Å². The van der Waals surface area contributed by atoms with Crippen LogP contribution in [0.1, 0.15) is 56.3 Å². The Morgan fingerprint density at radius 2 is 2.19 bits per heavy atom. The Balaban J connectivity index is 1.85. The van der Waals surface area contributed by atoms with Crippen LogP contribution in [0, 0.1) is 12.8 Å². The number of phenols is 1. The van der Waals surface area contributed by atoms with Crippen molar-refractivity contribution in [2.24, 2.45) is 5.92 Å². The van der Waals surface area contributed by atoms with Crippen LogP contribution in [0.4, 0.5) is 0 Å². The largest absolute Gasteiger partial charge is 0.508 e. The highest BCUT2D eigenvalue weighted by Crippen LogP contribution is 2.37. The molecule has 0 radical (unpaired) electrons. The minimum atomic E-state index is 0.260. The third kappa shape index (κ3) is 2.80. The van der Waals surface area contributed by atoms with Gasteiger partial charge in [0.25, 0.3) is 5.89 Å². The van der Waals surface area contributed by atoms with E-state index in [2.05, 4.69) is 17.1 Å². The van der Waals surface area contributed by atoms with Crippen molar-refractivity contribution in [3.8, 4) is 17.2 Å². The van der Waals surface area contributed by atoms with Crippen molar-refractivity contribution in [2.75, 3.05) is 0 Å². The summed E-state index contributed by atoms with van der Waals surface area (Å²) in [4.78, 5) is 4.59. The molecule has 4 heteroatoms. The fourth-order valence-electron chi connectivity index (χ4n) is 3.26. The average Bonchev–Trinajstić information content (AvgIpc) is 3.00. The summed E-state index contributed by atoms with van der Waals surface area (Å²) in [7, 11) is 0. The van der Waals surface area contributed by atoms with Gasteiger partial charge in [-0.25, -0.2) is 0 Å². The van der Waals surface area contributed by atoms with E-state index in [1.54, 1.807) is 12.1 Å². The minimum absolute atomic E-state index is 0.260. The van der Waals surface area contributed by atoms with Crippen molar-refractivity contribution in [2.45, 2.75) is 51.9 Å². The lowest BCUT2D eigenvalue weighted by molar-refractivity contribution is 0.300. The molecule has 4 nitrogen and oxygen atoms in total. The van der Waals surface area contributed by atoms with Crippen LogP contribution in [-0.2, 0) is 0 Å². The smallest absolute Gasteiger partial charge is 0.258 e. The number of hydrogen-bond acceptors (Lipinski definition) is 4. The number of benzene rings is 1. The maximum absolute atomic E-state index is 9.79. The van der Waals surface area contributed by atoms with Gasteiger partial charge >= 0.3 is 0 Å². The first kappa shape index (κ1) is 14.1. The zero-order chi connectivity index (χ0) is 14.8. The van der Waals surface area contributed by atoms with Crippen LogP contribution in [0.15, 0.2) is 22.7 Å². The molecule has 21 heavy (non-hydrogen) atoms. The van der Waals surface area contributed by atoms with Gasteiger partial charge in [0.05, 0.1) is 0 Å². The van der Waals surface area contributed by atoms with Gasteiger partial charge in [-0.1, -0.05) is 37.4 Å². The summed E-state index contributed by atoms with van der Waals surface area (Å²) >= 11 is 0. The molecule has 0 amide bonds. The van der Waals surface area contributed by atoms with E-state index in [9.17, 15) is 5.11 Å². The van der Waals surface area contributed by atoms with Gasteiger partial charge in [0.1, 0.15) is 5.75 Å². The second kappa shape index (κ2) is 5.88. The van der Waals surface area contributed by atoms with Crippen LogP contribution < -0.4 is 0 Å². The predicted molar refractivity (Wildman–Crippen MR) is 81.1 cm³/mol. The number of aromatic nitrogens is 2. The molecular formula is C17H22N2O2. The first-order chi connectivity index (χ1) is 10.2. The van der Waals surface area contributed by atoms with Crippen molar-refractivity contribution < 1.29 is 9.63 Å². The van der Waals surface area contributed by atoms with Gasteiger partial charge in [0.2, 0.25) is 0 Å². The molecule has 1 heterocycles. The summed E-state index contributed by atoms with van der Waals surface area (Å²) in [6.45, 7) is 4.12. The number of hydrogen-bond donors (Lipinski definition) is 1. The Bertz CT molecular complexity index is 621. The molecule has 2 unspecified atom stereocenters. The van der Waals surface area contributed by atoms with Gasteiger partial charge in [-0.15, -0.1) is 0 Å². The van der Waals surface area contributed by atoms with Crippen molar-refractivity contribution in [1.29, 1.82) is 0 Å². The summed E-state index contributed by atoms with van der Waals surface area (Å²) < 4.78 is 5.44. The highest BCUT2D eigenvalue weighted by molar-refractivity contribution is 5.61. The van der Waals surface area contributed by atoms with Crippen LogP contribution in [0.2, 0.25) is 0 Å². The van der Waals surface area contributed by atoms with E-state index in [1.807, 2.05) is 13.0 Å². The van der Waals surface area contributed by atoms with Crippen LogP contribution in [0.5, 0.6) is 5.75 Å². The van der Waals surface area contributed by atoms with E-state index in [0.29, 0.717) is 11.8 Å². The van der Waals surface area contributed by atoms with Crippen molar-refractivity contribution in [3.05, 3.63) is 29.6 Å². The minimum Gasteiger partial charge on any atom is -0.508 e. The molecule has 2 aromatic rings. The standard InChI is InChI=1S/C17H22N2O2/c1-3-12-6-4-7-13(10-12)16-18-17(21-19-16)14-8-5-9-15(20)11(14)2/h5,8-9,12-13,20H,3-4,6-7,10H2,1-2H3. The zero-order valence-electron chi connectivity index (χ0n) is 12.7. The van der Waals surface area contributed by atoms with Crippen LogP contribution >= 0.6 is 0 Å². The summed E-state index contributed by atoms with van der Waals surface area (Å²) in [5, 5.41) is 14.0. The predicted octanol–water partition coefficient (Wildman–Crippen LogP) is 4.43. The molecule has 0 spiro atoms. The molecule has 1 N–H and O–H groups in total. The molecule has 1 aliphatic carbocycles. The lowest BCUT2D eigenvalue weighted by atomic mass is 9.80. The van der Waals surface area contributed by atoms with E-state index in [4.69, 9.17) is 4.52 Å². The van der Waals surface area contributed by atoms with Crippen LogP contribution in [-0.4, -0.2) is 15.2 Å². The zero-order valence-corrected chi connectivity index (χ0v) is 12.7. The molecule has 2 atom stereocenters. The van der Waals surface area contributed by atoms with Gasteiger partial charge in [0, 0.05) is 17.0 Å². The lowest BCUT2D eigenvalue weighted by Crippen LogP contribution is -2.14. The molecule has 1 saturated carbocycles. The average molecular weight is 286 g/mol. The Kier molecular flexibility index (Phi) is 3.95. The maximum atomic E-state index is 9.79. The van der Waals surface area contributed by atoms with Crippen molar-refractivity contribution in [3.63, 3.8) is 0 Å². The Morgan fingerprint density at radius 1 is 1.33 bits per heavy atom.